The molecule has 0 unspecified atom stereocenters. The van der Waals surface area contributed by atoms with Gasteiger partial charge >= 0.3 is 0 Å². The molecule has 1 aromatic carbocycles. The number of phenols is 1. The zero-order valence-electron chi connectivity index (χ0n) is 7.46. The minimum Gasteiger partial charge on any atom is -0.508 e. The summed E-state index contributed by atoms with van der Waals surface area (Å²) in [6.07, 6.45) is 3.16. The molecule has 3 heteroatoms. The van der Waals surface area contributed by atoms with Gasteiger partial charge in [-0.15, -0.1) is 0 Å². The molecule has 0 aliphatic carbocycles. The van der Waals surface area contributed by atoms with Gasteiger partial charge in [0, 0.05) is 4.47 Å². The van der Waals surface area contributed by atoms with Gasteiger partial charge in [0.15, 0.2) is 0 Å². The highest BCUT2D eigenvalue weighted by molar-refractivity contribution is 9.10. The maximum atomic E-state index is 9.16. The third-order valence-electron chi connectivity index (χ3n) is 1.94. The third kappa shape index (κ3) is 3.36. The van der Waals surface area contributed by atoms with Crippen molar-refractivity contribution in [1.29, 1.82) is 0 Å². The van der Waals surface area contributed by atoms with E-state index in [0.717, 1.165) is 30.3 Å². The van der Waals surface area contributed by atoms with E-state index in [1.807, 2.05) is 6.07 Å². The van der Waals surface area contributed by atoms with Crippen LogP contribution < -0.4 is 5.73 Å². The second-order valence-electron chi connectivity index (χ2n) is 3.02. The van der Waals surface area contributed by atoms with Crippen molar-refractivity contribution >= 4 is 15.9 Å². The molecule has 0 aromatic heterocycles. The Morgan fingerprint density at radius 2 is 2.08 bits per heavy atom. The van der Waals surface area contributed by atoms with Gasteiger partial charge in [0.05, 0.1) is 0 Å². The van der Waals surface area contributed by atoms with Crippen LogP contribution in [0.15, 0.2) is 22.7 Å². The molecule has 0 radical (unpaired) electrons. The number of hydrogen-bond acceptors (Lipinski definition) is 2. The lowest BCUT2D eigenvalue weighted by Crippen LogP contribution is -1.99. The summed E-state index contributed by atoms with van der Waals surface area (Å²) in [6.45, 7) is 0.746. The smallest absolute Gasteiger partial charge is 0.116 e. The molecular formula is C10H14BrNO. The first kappa shape index (κ1) is 10.5. The van der Waals surface area contributed by atoms with Gasteiger partial charge in [-0.05, 0) is 43.5 Å². The SMILES string of the molecule is NCCCCc1ccc(O)cc1Br. The first-order valence-electron chi connectivity index (χ1n) is 4.41. The lowest BCUT2D eigenvalue weighted by atomic mass is 10.1. The van der Waals surface area contributed by atoms with E-state index in [2.05, 4.69) is 15.9 Å². The van der Waals surface area contributed by atoms with Crippen molar-refractivity contribution in [3.8, 4) is 5.75 Å². The van der Waals surface area contributed by atoms with Gasteiger partial charge in [0.25, 0.3) is 0 Å². The molecule has 0 heterocycles. The van der Waals surface area contributed by atoms with Crippen LogP contribution in [0.4, 0.5) is 0 Å². The molecule has 0 atom stereocenters. The lowest BCUT2D eigenvalue weighted by molar-refractivity contribution is 0.474. The molecule has 1 aromatic rings. The molecule has 3 N–H and O–H groups in total. The Balaban J connectivity index is 2.56. The average Bonchev–Trinajstić information content (AvgIpc) is 2.09. The predicted octanol–water partition coefficient (Wildman–Crippen LogP) is 2.44. The molecule has 0 saturated heterocycles. The summed E-state index contributed by atoms with van der Waals surface area (Å²) in [5.41, 5.74) is 6.63. The fraction of sp³-hybridized carbons (Fsp3) is 0.400. The van der Waals surface area contributed by atoms with Crippen molar-refractivity contribution in [2.24, 2.45) is 5.73 Å². The number of nitrogens with two attached hydrogens (primary N) is 1. The Morgan fingerprint density at radius 1 is 1.31 bits per heavy atom. The molecule has 0 aliphatic heterocycles. The Hall–Kier alpha value is -0.540. The minimum atomic E-state index is 0.300. The number of aromatic hydroxyl groups is 1. The van der Waals surface area contributed by atoms with Crippen LogP contribution in [-0.4, -0.2) is 11.7 Å². The van der Waals surface area contributed by atoms with E-state index in [1.165, 1.54) is 5.56 Å². The zero-order chi connectivity index (χ0) is 9.68. The lowest BCUT2D eigenvalue weighted by Gasteiger charge is -2.03. The largest absolute Gasteiger partial charge is 0.508 e. The maximum absolute atomic E-state index is 9.16. The summed E-state index contributed by atoms with van der Waals surface area (Å²) in [7, 11) is 0. The summed E-state index contributed by atoms with van der Waals surface area (Å²) in [5, 5.41) is 9.16. The second-order valence-corrected chi connectivity index (χ2v) is 3.88. The number of halogens is 1. The Kier molecular flexibility index (Phi) is 4.25. The second kappa shape index (κ2) is 5.25. The van der Waals surface area contributed by atoms with Crippen molar-refractivity contribution < 1.29 is 5.11 Å². The quantitative estimate of drug-likeness (QED) is 0.799. The topological polar surface area (TPSA) is 46.2 Å². The summed E-state index contributed by atoms with van der Waals surface area (Å²) in [5.74, 6) is 0.300. The molecule has 0 saturated carbocycles. The predicted molar refractivity (Wildman–Crippen MR) is 57.8 cm³/mol. The summed E-state index contributed by atoms with van der Waals surface area (Å²) < 4.78 is 0.976. The van der Waals surface area contributed by atoms with E-state index in [9.17, 15) is 0 Å². The molecule has 13 heavy (non-hydrogen) atoms. The number of rotatable bonds is 4. The maximum Gasteiger partial charge on any atom is 0.116 e. The first-order chi connectivity index (χ1) is 6.24. The molecule has 0 fully saturated rings. The Morgan fingerprint density at radius 3 is 2.69 bits per heavy atom. The van der Waals surface area contributed by atoms with E-state index in [0.29, 0.717) is 5.75 Å². The van der Waals surface area contributed by atoms with Crippen LogP contribution in [0, 0.1) is 0 Å². The van der Waals surface area contributed by atoms with Crippen LogP contribution in [0.5, 0.6) is 5.75 Å². The van der Waals surface area contributed by atoms with Crippen LogP contribution in [0.3, 0.4) is 0 Å². The monoisotopic (exact) mass is 243 g/mol. The highest BCUT2D eigenvalue weighted by Gasteiger charge is 2.00. The number of benzene rings is 1. The summed E-state index contributed by atoms with van der Waals surface area (Å²) in [4.78, 5) is 0. The number of hydrogen-bond donors (Lipinski definition) is 2. The average molecular weight is 244 g/mol. The standard InChI is InChI=1S/C10H14BrNO/c11-10-7-9(13)5-4-8(10)3-1-2-6-12/h4-5,7,13H,1-3,6,12H2. The normalized spacial score (nSPS) is 10.3. The Bertz CT molecular complexity index is 276. The van der Waals surface area contributed by atoms with E-state index in [1.54, 1.807) is 12.1 Å². The van der Waals surface area contributed by atoms with Crippen molar-refractivity contribution in [3.05, 3.63) is 28.2 Å². The van der Waals surface area contributed by atoms with Gasteiger partial charge in [-0.3, -0.25) is 0 Å². The van der Waals surface area contributed by atoms with Gasteiger partial charge in [-0.1, -0.05) is 22.0 Å². The molecule has 0 spiro atoms. The van der Waals surface area contributed by atoms with E-state index in [-0.39, 0.29) is 0 Å². The molecule has 2 nitrogen and oxygen atoms in total. The van der Waals surface area contributed by atoms with Gasteiger partial charge in [0.1, 0.15) is 5.75 Å². The van der Waals surface area contributed by atoms with E-state index >= 15 is 0 Å². The highest BCUT2D eigenvalue weighted by atomic mass is 79.9. The zero-order valence-corrected chi connectivity index (χ0v) is 9.05. The fourth-order valence-electron chi connectivity index (χ4n) is 1.20. The van der Waals surface area contributed by atoms with Gasteiger partial charge in [-0.2, -0.15) is 0 Å². The van der Waals surface area contributed by atoms with Crippen LogP contribution in [0.1, 0.15) is 18.4 Å². The molecular weight excluding hydrogens is 230 g/mol. The van der Waals surface area contributed by atoms with Crippen LogP contribution in [-0.2, 0) is 6.42 Å². The van der Waals surface area contributed by atoms with Crippen LogP contribution in [0.2, 0.25) is 0 Å². The van der Waals surface area contributed by atoms with E-state index < -0.39 is 0 Å². The number of aryl methyl sites for hydroxylation is 1. The third-order valence-corrected chi connectivity index (χ3v) is 2.68. The van der Waals surface area contributed by atoms with Crippen molar-refractivity contribution in [3.63, 3.8) is 0 Å². The first-order valence-corrected chi connectivity index (χ1v) is 5.21. The van der Waals surface area contributed by atoms with E-state index in [4.69, 9.17) is 10.8 Å². The Labute approximate surface area is 86.9 Å². The van der Waals surface area contributed by atoms with Crippen molar-refractivity contribution in [1.82, 2.24) is 0 Å². The number of phenolic OH excluding ortho intramolecular Hbond substituents is 1. The summed E-state index contributed by atoms with van der Waals surface area (Å²) >= 11 is 3.41. The molecule has 0 amide bonds. The van der Waals surface area contributed by atoms with Crippen molar-refractivity contribution in [2.75, 3.05) is 6.54 Å². The molecule has 0 aliphatic rings. The van der Waals surface area contributed by atoms with Crippen LogP contribution >= 0.6 is 15.9 Å². The van der Waals surface area contributed by atoms with Gasteiger partial charge in [-0.25, -0.2) is 0 Å². The van der Waals surface area contributed by atoms with Gasteiger partial charge < -0.3 is 10.8 Å². The molecule has 72 valence electrons. The fourth-order valence-corrected chi connectivity index (χ4v) is 1.76. The minimum absolute atomic E-state index is 0.300. The molecule has 1 rings (SSSR count). The molecule has 0 bridgehead atoms. The summed E-state index contributed by atoms with van der Waals surface area (Å²) in [6, 6.07) is 5.37. The highest BCUT2D eigenvalue weighted by Crippen LogP contribution is 2.23. The van der Waals surface area contributed by atoms with Gasteiger partial charge in [0.2, 0.25) is 0 Å². The van der Waals surface area contributed by atoms with Crippen LogP contribution in [0.25, 0.3) is 0 Å². The van der Waals surface area contributed by atoms with Crippen molar-refractivity contribution in [2.45, 2.75) is 19.3 Å². The number of unbranched alkanes of at least 4 members (excludes halogenated alkanes) is 1.